The van der Waals surface area contributed by atoms with Gasteiger partial charge in [0, 0.05) is 12.6 Å². The molecule has 0 saturated heterocycles. The van der Waals surface area contributed by atoms with Crippen LogP contribution in [0.25, 0.3) is 0 Å². The minimum Gasteiger partial charge on any atom is -0.348 e. The van der Waals surface area contributed by atoms with Gasteiger partial charge in [-0.25, -0.2) is 0 Å². The minimum atomic E-state index is -0.677. The average molecular weight is 273 g/mol. The van der Waals surface area contributed by atoms with Gasteiger partial charge < -0.3 is 10.3 Å². The highest BCUT2D eigenvalue weighted by molar-refractivity contribution is 5.94. The van der Waals surface area contributed by atoms with Crippen molar-refractivity contribution >= 4 is 11.6 Å². The van der Waals surface area contributed by atoms with Gasteiger partial charge in [0.05, 0.1) is 11.1 Å². The second kappa shape index (κ2) is 5.79. The van der Waals surface area contributed by atoms with Crippen LogP contribution in [0.1, 0.15) is 15.9 Å². The molecular formula is C13H11N3O4. The molecule has 2 N–H and O–H groups in total. The Bertz CT molecular complexity index is 694. The first-order chi connectivity index (χ1) is 9.58. The van der Waals surface area contributed by atoms with E-state index in [4.69, 9.17) is 0 Å². The van der Waals surface area contributed by atoms with E-state index in [0.717, 1.165) is 17.8 Å². The Kier molecular flexibility index (Phi) is 3.90. The minimum absolute atomic E-state index is 0.238. The summed E-state index contributed by atoms with van der Waals surface area (Å²) in [6.07, 6.45) is 0.955. The molecule has 1 aromatic carbocycles. The van der Waals surface area contributed by atoms with Crippen molar-refractivity contribution in [2.75, 3.05) is 0 Å². The van der Waals surface area contributed by atoms with Crippen LogP contribution in [0, 0.1) is 10.1 Å². The van der Waals surface area contributed by atoms with E-state index in [1.807, 2.05) is 30.3 Å². The van der Waals surface area contributed by atoms with E-state index in [-0.39, 0.29) is 17.8 Å². The second-order valence-electron chi connectivity index (χ2n) is 4.03. The number of carbonyl (C=O) groups excluding carboxylic acids is 1. The summed E-state index contributed by atoms with van der Waals surface area (Å²) in [6.45, 7) is 0.238. The summed E-state index contributed by atoms with van der Waals surface area (Å²) in [4.78, 5) is 35.5. The lowest BCUT2D eigenvalue weighted by molar-refractivity contribution is -0.385. The van der Waals surface area contributed by atoms with Gasteiger partial charge in [0.1, 0.15) is 5.56 Å². The quantitative estimate of drug-likeness (QED) is 0.645. The smallest absolute Gasteiger partial charge is 0.286 e. The normalized spacial score (nSPS) is 10.0. The van der Waals surface area contributed by atoms with Crippen molar-refractivity contribution in [1.29, 1.82) is 0 Å². The van der Waals surface area contributed by atoms with Crippen LogP contribution in [0.15, 0.2) is 47.4 Å². The molecule has 7 heteroatoms. The number of benzene rings is 1. The number of nitro groups is 1. The summed E-state index contributed by atoms with van der Waals surface area (Å²) >= 11 is 0. The molecule has 0 atom stereocenters. The molecule has 7 nitrogen and oxygen atoms in total. The third-order valence-corrected chi connectivity index (χ3v) is 2.64. The maximum atomic E-state index is 11.9. The molecule has 2 rings (SSSR count). The van der Waals surface area contributed by atoms with Crippen LogP contribution in [0.2, 0.25) is 0 Å². The molecule has 0 bridgehead atoms. The number of hydrogen-bond donors (Lipinski definition) is 2. The van der Waals surface area contributed by atoms with Crippen molar-refractivity contribution in [2.24, 2.45) is 0 Å². The van der Waals surface area contributed by atoms with Crippen molar-refractivity contribution in [1.82, 2.24) is 10.3 Å². The lowest BCUT2D eigenvalue weighted by Gasteiger charge is -2.04. The van der Waals surface area contributed by atoms with E-state index >= 15 is 0 Å². The molecule has 0 spiro atoms. The third kappa shape index (κ3) is 3.08. The average Bonchev–Trinajstić information content (AvgIpc) is 2.46. The molecule has 0 unspecified atom stereocenters. The highest BCUT2D eigenvalue weighted by atomic mass is 16.6. The molecule has 1 amide bonds. The predicted molar refractivity (Wildman–Crippen MR) is 71.3 cm³/mol. The molecule has 0 aliphatic rings. The monoisotopic (exact) mass is 273 g/mol. The molecule has 1 aromatic heterocycles. The first-order valence-corrected chi connectivity index (χ1v) is 5.77. The van der Waals surface area contributed by atoms with Gasteiger partial charge in [0.25, 0.3) is 17.2 Å². The van der Waals surface area contributed by atoms with Crippen LogP contribution in [0.5, 0.6) is 0 Å². The molecule has 0 aliphatic heterocycles. The SMILES string of the molecule is O=C(NCc1ccccc1)c1cc([N+](=O)[O-])c[nH]c1=O. The summed E-state index contributed by atoms with van der Waals surface area (Å²) in [5.74, 6) is -0.654. The van der Waals surface area contributed by atoms with Crippen LogP contribution in [-0.2, 0) is 6.54 Å². The first-order valence-electron chi connectivity index (χ1n) is 5.77. The van der Waals surface area contributed by atoms with Crippen LogP contribution in [0.4, 0.5) is 5.69 Å². The van der Waals surface area contributed by atoms with Gasteiger partial charge in [-0.15, -0.1) is 0 Å². The Morgan fingerprint density at radius 2 is 2.00 bits per heavy atom. The zero-order chi connectivity index (χ0) is 14.5. The van der Waals surface area contributed by atoms with Crippen LogP contribution >= 0.6 is 0 Å². The number of amides is 1. The molecule has 0 aliphatic carbocycles. The Balaban J connectivity index is 2.15. The molecule has 0 radical (unpaired) electrons. The van der Waals surface area contributed by atoms with Gasteiger partial charge in [-0.1, -0.05) is 30.3 Å². The summed E-state index contributed by atoms with van der Waals surface area (Å²) < 4.78 is 0. The zero-order valence-corrected chi connectivity index (χ0v) is 10.3. The molecule has 0 saturated carbocycles. The number of aromatic nitrogens is 1. The Morgan fingerprint density at radius 3 is 2.65 bits per heavy atom. The van der Waals surface area contributed by atoms with Gasteiger partial charge in [-0.05, 0) is 5.56 Å². The van der Waals surface area contributed by atoms with Crippen LogP contribution in [-0.4, -0.2) is 15.8 Å². The van der Waals surface area contributed by atoms with E-state index in [0.29, 0.717) is 0 Å². The number of hydrogen-bond acceptors (Lipinski definition) is 4. The fourth-order valence-electron chi connectivity index (χ4n) is 1.62. The van der Waals surface area contributed by atoms with Gasteiger partial charge in [-0.3, -0.25) is 19.7 Å². The highest BCUT2D eigenvalue weighted by Gasteiger charge is 2.15. The van der Waals surface area contributed by atoms with Crippen LogP contribution < -0.4 is 10.9 Å². The van der Waals surface area contributed by atoms with E-state index in [1.165, 1.54) is 0 Å². The predicted octanol–water partition coefficient (Wildman–Crippen LogP) is 1.21. The van der Waals surface area contributed by atoms with Gasteiger partial charge in [-0.2, -0.15) is 0 Å². The molecule has 2 aromatic rings. The molecule has 0 fully saturated rings. The molecule has 1 heterocycles. The van der Waals surface area contributed by atoms with Gasteiger partial charge >= 0.3 is 0 Å². The fourth-order valence-corrected chi connectivity index (χ4v) is 1.62. The Labute approximate surface area is 113 Å². The van der Waals surface area contributed by atoms with E-state index in [9.17, 15) is 19.7 Å². The fraction of sp³-hybridized carbons (Fsp3) is 0.0769. The van der Waals surface area contributed by atoms with Crippen molar-refractivity contribution in [2.45, 2.75) is 6.54 Å². The van der Waals surface area contributed by atoms with Crippen molar-refractivity contribution in [3.63, 3.8) is 0 Å². The summed E-state index contributed by atoms with van der Waals surface area (Å²) in [6, 6.07) is 10.1. The Hall–Kier alpha value is -2.96. The van der Waals surface area contributed by atoms with Crippen molar-refractivity contribution in [3.8, 4) is 0 Å². The van der Waals surface area contributed by atoms with E-state index in [1.54, 1.807) is 0 Å². The zero-order valence-electron chi connectivity index (χ0n) is 10.3. The second-order valence-corrected chi connectivity index (χ2v) is 4.03. The number of aromatic amines is 1. The number of nitrogens with zero attached hydrogens (tertiary/aromatic N) is 1. The first kappa shape index (κ1) is 13.5. The number of H-pyrrole nitrogens is 1. The maximum Gasteiger partial charge on any atom is 0.286 e. The van der Waals surface area contributed by atoms with Crippen molar-refractivity contribution < 1.29 is 9.72 Å². The summed E-state index contributed by atoms with van der Waals surface area (Å²) in [7, 11) is 0. The van der Waals surface area contributed by atoms with Crippen molar-refractivity contribution in [3.05, 3.63) is 74.2 Å². The summed E-state index contributed by atoms with van der Waals surface area (Å²) in [5, 5.41) is 13.2. The van der Waals surface area contributed by atoms with Crippen LogP contribution in [0.3, 0.4) is 0 Å². The van der Waals surface area contributed by atoms with E-state index < -0.39 is 16.4 Å². The number of nitrogens with one attached hydrogen (secondary N) is 2. The number of rotatable bonds is 4. The Morgan fingerprint density at radius 1 is 1.30 bits per heavy atom. The van der Waals surface area contributed by atoms with Gasteiger partial charge in [0.15, 0.2) is 0 Å². The lowest BCUT2D eigenvalue weighted by atomic mass is 10.2. The number of pyridine rings is 1. The molecule has 20 heavy (non-hydrogen) atoms. The number of carbonyl (C=O) groups is 1. The standard InChI is InChI=1S/C13H11N3O4/c17-12(14-7-9-4-2-1-3-5-9)11-6-10(16(19)20)8-15-13(11)18/h1-6,8H,7H2,(H,14,17)(H,15,18). The topological polar surface area (TPSA) is 105 Å². The van der Waals surface area contributed by atoms with Gasteiger partial charge in [0.2, 0.25) is 0 Å². The molecule has 102 valence electrons. The maximum absolute atomic E-state index is 11.9. The largest absolute Gasteiger partial charge is 0.348 e. The summed E-state index contributed by atoms with van der Waals surface area (Å²) in [5.41, 5.74) is -0.423. The molecular weight excluding hydrogens is 262 g/mol. The van der Waals surface area contributed by atoms with E-state index in [2.05, 4.69) is 10.3 Å². The highest BCUT2D eigenvalue weighted by Crippen LogP contribution is 2.08. The third-order valence-electron chi connectivity index (χ3n) is 2.64. The lowest BCUT2D eigenvalue weighted by Crippen LogP contribution is -2.29.